The maximum atomic E-state index is 9.55. The van der Waals surface area contributed by atoms with E-state index in [1.807, 2.05) is 30.6 Å². The highest BCUT2D eigenvalue weighted by atomic mass is 16.4. The minimum Gasteiger partial charge on any atom is -0.478 e. The minimum atomic E-state index is -1.26. The fraction of sp³-hybridized carbons (Fsp3) is 0. The van der Waals surface area contributed by atoms with E-state index in [0.717, 1.165) is 0 Å². The van der Waals surface area contributed by atoms with Crippen LogP contribution in [0.2, 0.25) is 0 Å². The average Bonchev–Trinajstić information content (AvgIpc) is 2.59. The number of fused-ring (bicyclic) bond motifs is 1. The van der Waals surface area contributed by atoms with Crippen molar-refractivity contribution >= 4 is 34.6 Å². The van der Waals surface area contributed by atoms with Crippen molar-refractivity contribution in [1.82, 2.24) is 4.98 Å². The highest BCUT2D eigenvalue weighted by Crippen LogP contribution is 2.09. The fourth-order valence-corrected chi connectivity index (χ4v) is 1.31. The lowest BCUT2D eigenvalue weighted by molar-refractivity contribution is -0.134. The lowest BCUT2D eigenvalue weighted by atomic mass is 10.2. The van der Waals surface area contributed by atoms with E-state index in [1.165, 1.54) is 10.8 Å². The second-order valence-corrected chi connectivity index (χ2v) is 4.24. The van der Waals surface area contributed by atoms with E-state index >= 15 is 0 Å². The van der Waals surface area contributed by atoms with Gasteiger partial charge in [-0.15, -0.1) is 0 Å². The van der Waals surface area contributed by atoms with Crippen LogP contribution in [0.1, 0.15) is 0 Å². The number of hydrogen-bond acceptors (Lipinski definition) is 5. The molecular formula is C17H15NO8. The molecule has 26 heavy (non-hydrogen) atoms. The van der Waals surface area contributed by atoms with Gasteiger partial charge in [0.2, 0.25) is 0 Å². The molecule has 136 valence electrons. The van der Waals surface area contributed by atoms with Gasteiger partial charge >= 0.3 is 23.9 Å². The molecule has 0 unspecified atom stereocenters. The molecule has 0 spiro atoms. The number of benzene rings is 1. The van der Waals surface area contributed by atoms with Crippen LogP contribution in [-0.2, 0) is 19.2 Å². The molecule has 9 heteroatoms. The number of carboxylic acid groups (broad SMARTS) is 4. The van der Waals surface area contributed by atoms with E-state index < -0.39 is 23.9 Å². The molecule has 0 amide bonds. The van der Waals surface area contributed by atoms with Crippen LogP contribution in [0.5, 0.6) is 0 Å². The van der Waals surface area contributed by atoms with Gasteiger partial charge < -0.3 is 20.4 Å². The summed E-state index contributed by atoms with van der Waals surface area (Å²) >= 11 is 0. The Morgan fingerprint density at radius 3 is 1.38 bits per heavy atom. The number of rotatable bonds is 4. The Bertz CT molecular complexity index is 695. The topological polar surface area (TPSA) is 162 Å². The minimum absolute atomic E-state index is 0.558. The third kappa shape index (κ3) is 12.5. The smallest absolute Gasteiger partial charge is 0.328 e. The molecule has 1 aromatic heterocycles. The first-order valence-corrected chi connectivity index (χ1v) is 6.79. The lowest BCUT2D eigenvalue weighted by Gasteiger charge is -1.91. The number of pyridine rings is 1. The van der Waals surface area contributed by atoms with Crippen LogP contribution in [-0.4, -0.2) is 49.3 Å². The molecule has 0 radical (unpaired) electrons. The highest BCUT2D eigenvalue weighted by molar-refractivity contribution is 5.90. The van der Waals surface area contributed by atoms with Crippen molar-refractivity contribution in [2.45, 2.75) is 0 Å². The van der Waals surface area contributed by atoms with Gasteiger partial charge in [0.05, 0.1) is 0 Å². The van der Waals surface area contributed by atoms with Crippen LogP contribution in [0.25, 0.3) is 10.8 Å². The van der Waals surface area contributed by atoms with Crippen LogP contribution in [0.4, 0.5) is 0 Å². The number of aliphatic carboxylic acids is 4. The number of carboxylic acids is 4. The third-order valence-corrected chi connectivity index (χ3v) is 2.29. The average molecular weight is 361 g/mol. The second-order valence-electron chi connectivity index (χ2n) is 4.24. The predicted octanol–water partition coefficient (Wildman–Crippen LogP) is 1.66. The normalized spacial score (nSPS) is 9.69. The zero-order valence-electron chi connectivity index (χ0n) is 13.2. The molecule has 0 atom stereocenters. The SMILES string of the molecule is O=C(O)/C=C\C(=O)O.O=C(O)/C=C\C(=O)O.c1ccc2cnccc2c1. The Morgan fingerprint density at radius 1 is 0.654 bits per heavy atom. The largest absolute Gasteiger partial charge is 0.478 e. The first kappa shape index (κ1) is 22.0. The summed E-state index contributed by atoms with van der Waals surface area (Å²) in [6.07, 6.45) is 5.91. The summed E-state index contributed by atoms with van der Waals surface area (Å²) in [5, 5.41) is 33.7. The standard InChI is InChI=1S/C9H7N.2C4H4O4/c1-2-4-9-7-10-6-5-8(9)3-1;2*5-3(6)1-2-4(7)8/h1-7H;2*1-2H,(H,5,6)(H,7,8)/b;2*2-1-. The number of nitrogens with zero attached hydrogens (tertiary/aromatic N) is 1. The summed E-state index contributed by atoms with van der Waals surface area (Å²) in [6, 6.07) is 10.2. The van der Waals surface area contributed by atoms with Gasteiger partial charge in [-0.3, -0.25) is 4.98 Å². The summed E-state index contributed by atoms with van der Waals surface area (Å²) in [6.45, 7) is 0. The van der Waals surface area contributed by atoms with Gasteiger partial charge in [0, 0.05) is 36.7 Å². The molecule has 9 nitrogen and oxygen atoms in total. The van der Waals surface area contributed by atoms with Crippen LogP contribution in [0, 0.1) is 0 Å². The molecule has 1 aromatic carbocycles. The van der Waals surface area contributed by atoms with Crippen LogP contribution >= 0.6 is 0 Å². The fourth-order valence-electron chi connectivity index (χ4n) is 1.31. The number of aromatic nitrogens is 1. The molecule has 0 aliphatic heterocycles. The number of hydrogen-bond donors (Lipinski definition) is 4. The molecule has 2 aromatic rings. The van der Waals surface area contributed by atoms with Crippen molar-refractivity contribution in [2.24, 2.45) is 0 Å². The molecule has 1 heterocycles. The Hall–Kier alpha value is -4.01. The van der Waals surface area contributed by atoms with Crippen molar-refractivity contribution in [1.29, 1.82) is 0 Å². The third-order valence-electron chi connectivity index (χ3n) is 2.29. The zero-order chi connectivity index (χ0) is 19.9. The van der Waals surface area contributed by atoms with E-state index in [9.17, 15) is 19.2 Å². The van der Waals surface area contributed by atoms with E-state index in [0.29, 0.717) is 24.3 Å². The molecule has 0 aliphatic carbocycles. The van der Waals surface area contributed by atoms with Gasteiger partial charge in [-0.25, -0.2) is 19.2 Å². The Labute approximate surface area is 147 Å². The van der Waals surface area contributed by atoms with E-state index in [-0.39, 0.29) is 0 Å². The molecule has 0 saturated heterocycles. The van der Waals surface area contributed by atoms with Crippen molar-refractivity contribution < 1.29 is 39.6 Å². The molecular weight excluding hydrogens is 346 g/mol. The molecule has 0 fully saturated rings. The molecule has 0 aliphatic rings. The van der Waals surface area contributed by atoms with E-state index in [1.54, 1.807) is 0 Å². The van der Waals surface area contributed by atoms with Crippen molar-refractivity contribution in [3.63, 3.8) is 0 Å². The molecule has 0 bridgehead atoms. The second kappa shape index (κ2) is 12.4. The summed E-state index contributed by atoms with van der Waals surface area (Å²) in [5.74, 6) is -5.03. The zero-order valence-corrected chi connectivity index (χ0v) is 13.2. The van der Waals surface area contributed by atoms with Crippen molar-refractivity contribution in [3.05, 3.63) is 67.0 Å². The Morgan fingerprint density at radius 2 is 1.04 bits per heavy atom. The van der Waals surface area contributed by atoms with Gasteiger partial charge in [-0.05, 0) is 16.8 Å². The lowest BCUT2D eigenvalue weighted by Crippen LogP contribution is -1.91. The van der Waals surface area contributed by atoms with Crippen LogP contribution in [0.3, 0.4) is 0 Å². The van der Waals surface area contributed by atoms with E-state index in [2.05, 4.69) is 17.1 Å². The van der Waals surface area contributed by atoms with Crippen molar-refractivity contribution in [3.8, 4) is 0 Å². The van der Waals surface area contributed by atoms with E-state index in [4.69, 9.17) is 20.4 Å². The Kier molecular flexibility index (Phi) is 10.5. The molecule has 4 N–H and O–H groups in total. The number of carbonyl (C=O) groups is 4. The first-order chi connectivity index (χ1) is 12.2. The Balaban J connectivity index is 0.000000366. The monoisotopic (exact) mass is 361 g/mol. The molecule has 2 rings (SSSR count). The summed E-state index contributed by atoms with van der Waals surface area (Å²) < 4.78 is 0. The summed E-state index contributed by atoms with van der Waals surface area (Å²) in [4.78, 5) is 42.2. The highest BCUT2D eigenvalue weighted by Gasteiger charge is 1.89. The van der Waals surface area contributed by atoms with Crippen molar-refractivity contribution in [2.75, 3.05) is 0 Å². The summed E-state index contributed by atoms with van der Waals surface area (Å²) in [7, 11) is 0. The molecule has 0 saturated carbocycles. The van der Waals surface area contributed by atoms with Gasteiger partial charge in [0.25, 0.3) is 0 Å². The maximum absolute atomic E-state index is 9.55. The van der Waals surface area contributed by atoms with Crippen LogP contribution < -0.4 is 0 Å². The maximum Gasteiger partial charge on any atom is 0.328 e. The summed E-state index contributed by atoms with van der Waals surface area (Å²) in [5.41, 5.74) is 0. The van der Waals surface area contributed by atoms with Gasteiger partial charge in [0.1, 0.15) is 0 Å². The van der Waals surface area contributed by atoms with Gasteiger partial charge in [0.15, 0.2) is 0 Å². The predicted molar refractivity (Wildman–Crippen MR) is 90.6 cm³/mol. The van der Waals surface area contributed by atoms with Crippen LogP contribution in [0.15, 0.2) is 67.0 Å². The van der Waals surface area contributed by atoms with Gasteiger partial charge in [-0.1, -0.05) is 24.3 Å². The van der Waals surface area contributed by atoms with Gasteiger partial charge in [-0.2, -0.15) is 0 Å². The quantitative estimate of drug-likeness (QED) is 0.593. The first-order valence-electron chi connectivity index (χ1n) is 6.79.